The zero-order valence-corrected chi connectivity index (χ0v) is 19.2. The Morgan fingerprint density at radius 3 is 1.46 bits per heavy atom. The van der Waals surface area contributed by atoms with Crippen LogP contribution in [0.1, 0.15) is 109 Å². The van der Waals surface area contributed by atoms with E-state index in [1.165, 1.54) is 109 Å². The van der Waals surface area contributed by atoms with E-state index in [0.29, 0.717) is 0 Å². The first-order valence-electron chi connectivity index (χ1n) is 12.2. The minimum atomic E-state index is 0.953. The summed E-state index contributed by atoms with van der Waals surface area (Å²) in [7, 11) is 1.74. The van der Waals surface area contributed by atoms with Gasteiger partial charge in [0.05, 0.1) is 7.11 Å². The molecule has 2 nitrogen and oxygen atoms in total. The fraction of sp³-hybridized carbons (Fsp3) is 0.769. The summed E-state index contributed by atoms with van der Waals surface area (Å²) in [4.78, 5) is 2.68. The molecule has 1 aromatic rings. The Morgan fingerprint density at radius 1 is 0.607 bits per heavy atom. The van der Waals surface area contributed by atoms with E-state index < -0.39 is 0 Å². The molecule has 0 aliphatic heterocycles. The molecule has 1 rings (SSSR count). The molecule has 28 heavy (non-hydrogen) atoms. The lowest BCUT2D eigenvalue weighted by Gasteiger charge is -2.22. The Labute approximate surface area is 176 Å². The maximum Gasteiger partial charge on any atom is 0.118 e. The van der Waals surface area contributed by atoms with Crippen LogP contribution in [-0.2, 0) is 6.54 Å². The first kappa shape index (κ1) is 25.0. The SMILES string of the molecule is CCCCCCCCCN(CCCCCCCCC)Cc1ccc(OC)cc1. The van der Waals surface area contributed by atoms with E-state index in [0.717, 1.165) is 12.3 Å². The summed E-state index contributed by atoms with van der Waals surface area (Å²) in [6.45, 7) is 8.16. The summed E-state index contributed by atoms with van der Waals surface area (Å²) in [6, 6.07) is 8.63. The van der Waals surface area contributed by atoms with Gasteiger partial charge in [-0.2, -0.15) is 0 Å². The van der Waals surface area contributed by atoms with Gasteiger partial charge in [0, 0.05) is 6.54 Å². The lowest BCUT2D eigenvalue weighted by molar-refractivity contribution is 0.252. The summed E-state index contributed by atoms with van der Waals surface area (Å²) in [6.07, 6.45) is 19.5. The van der Waals surface area contributed by atoms with Crippen molar-refractivity contribution in [2.24, 2.45) is 0 Å². The van der Waals surface area contributed by atoms with Crippen LogP contribution >= 0.6 is 0 Å². The van der Waals surface area contributed by atoms with Crippen molar-refractivity contribution in [1.82, 2.24) is 4.90 Å². The summed E-state index contributed by atoms with van der Waals surface area (Å²) in [5, 5.41) is 0. The third-order valence-corrected chi connectivity index (χ3v) is 5.72. The van der Waals surface area contributed by atoms with Crippen LogP contribution in [-0.4, -0.2) is 25.1 Å². The van der Waals surface area contributed by atoms with Crippen LogP contribution in [0.4, 0.5) is 0 Å². The standard InChI is InChI=1S/C26H47NO/c1-4-6-8-10-12-14-16-22-27(23-17-15-13-11-9-7-5-2)24-25-18-20-26(28-3)21-19-25/h18-21H,4-17,22-24H2,1-3H3. The third-order valence-electron chi connectivity index (χ3n) is 5.72. The molecule has 0 spiro atoms. The zero-order chi connectivity index (χ0) is 20.3. The van der Waals surface area contributed by atoms with Crippen LogP contribution in [0.5, 0.6) is 5.75 Å². The Morgan fingerprint density at radius 2 is 1.04 bits per heavy atom. The van der Waals surface area contributed by atoms with Crippen molar-refractivity contribution >= 4 is 0 Å². The average Bonchev–Trinajstić information content (AvgIpc) is 2.72. The Balaban J connectivity index is 2.31. The molecular weight excluding hydrogens is 342 g/mol. The maximum absolute atomic E-state index is 5.30. The van der Waals surface area contributed by atoms with Gasteiger partial charge in [0.15, 0.2) is 0 Å². The highest BCUT2D eigenvalue weighted by Crippen LogP contribution is 2.15. The van der Waals surface area contributed by atoms with Crippen molar-refractivity contribution < 1.29 is 4.74 Å². The van der Waals surface area contributed by atoms with Crippen molar-refractivity contribution in [3.05, 3.63) is 29.8 Å². The predicted octanol–water partition coefficient (Wildman–Crippen LogP) is 8.00. The van der Waals surface area contributed by atoms with Gasteiger partial charge in [-0.3, -0.25) is 4.90 Å². The monoisotopic (exact) mass is 389 g/mol. The van der Waals surface area contributed by atoms with Crippen LogP contribution in [0.15, 0.2) is 24.3 Å². The number of nitrogens with zero attached hydrogens (tertiary/aromatic N) is 1. The lowest BCUT2D eigenvalue weighted by atomic mass is 10.1. The molecule has 0 radical (unpaired) electrons. The van der Waals surface area contributed by atoms with Gasteiger partial charge in [-0.05, 0) is 43.6 Å². The highest BCUT2D eigenvalue weighted by molar-refractivity contribution is 5.27. The van der Waals surface area contributed by atoms with Gasteiger partial charge in [0.25, 0.3) is 0 Å². The number of benzene rings is 1. The Kier molecular flexibility index (Phi) is 16.1. The van der Waals surface area contributed by atoms with Crippen LogP contribution in [0.2, 0.25) is 0 Å². The van der Waals surface area contributed by atoms with E-state index in [9.17, 15) is 0 Å². The van der Waals surface area contributed by atoms with E-state index in [4.69, 9.17) is 4.74 Å². The van der Waals surface area contributed by atoms with Gasteiger partial charge < -0.3 is 4.74 Å². The molecule has 162 valence electrons. The Bertz CT molecular complexity index is 424. The largest absolute Gasteiger partial charge is 0.497 e. The highest BCUT2D eigenvalue weighted by atomic mass is 16.5. The van der Waals surface area contributed by atoms with Gasteiger partial charge in [-0.1, -0.05) is 103 Å². The lowest BCUT2D eigenvalue weighted by Crippen LogP contribution is -2.25. The fourth-order valence-corrected chi connectivity index (χ4v) is 3.84. The van der Waals surface area contributed by atoms with Crippen LogP contribution in [0.3, 0.4) is 0 Å². The van der Waals surface area contributed by atoms with Crippen LogP contribution < -0.4 is 4.74 Å². The number of unbranched alkanes of at least 4 members (excludes halogenated alkanes) is 12. The minimum Gasteiger partial charge on any atom is -0.497 e. The molecule has 0 aromatic heterocycles. The molecule has 0 atom stereocenters. The highest BCUT2D eigenvalue weighted by Gasteiger charge is 2.06. The third kappa shape index (κ3) is 13.2. The van der Waals surface area contributed by atoms with Gasteiger partial charge in [0.2, 0.25) is 0 Å². The van der Waals surface area contributed by atoms with E-state index in [-0.39, 0.29) is 0 Å². The zero-order valence-electron chi connectivity index (χ0n) is 19.2. The van der Waals surface area contributed by atoms with Gasteiger partial charge in [-0.15, -0.1) is 0 Å². The van der Waals surface area contributed by atoms with Crippen molar-refractivity contribution in [2.75, 3.05) is 20.2 Å². The van der Waals surface area contributed by atoms with Gasteiger partial charge in [-0.25, -0.2) is 0 Å². The predicted molar refractivity (Wildman–Crippen MR) is 124 cm³/mol. The van der Waals surface area contributed by atoms with E-state index in [1.807, 2.05) is 0 Å². The molecule has 0 aliphatic carbocycles. The number of hydrogen-bond acceptors (Lipinski definition) is 2. The summed E-state index contributed by atoms with van der Waals surface area (Å²) in [5.41, 5.74) is 1.41. The molecule has 0 saturated carbocycles. The van der Waals surface area contributed by atoms with Crippen LogP contribution in [0.25, 0.3) is 0 Å². The first-order chi connectivity index (χ1) is 13.8. The molecule has 0 N–H and O–H groups in total. The van der Waals surface area contributed by atoms with Gasteiger partial charge in [0.1, 0.15) is 5.75 Å². The number of hydrogen-bond donors (Lipinski definition) is 0. The summed E-state index contributed by atoms with van der Waals surface area (Å²) >= 11 is 0. The number of rotatable bonds is 19. The molecule has 0 amide bonds. The second kappa shape index (κ2) is 18.0. The number of methoxy groups -OCH3 is 1. The quantitative estimate of drug-likeness (QED) is 0.222. The molecule has 0 heterocycles. The number of ether oxygens (including phenoxy) is 1. The average molecular weight is 390 g/mol. The molecule has 0 aliphatic rings. The van der Waals surface area contributed by atoms with E-state index in [2.05, 4.69) is 43.0 Å². The van der Waals surface area contributed by atoms with Crippen molar-refractivity contribution in [3.8, 4) is 5.75 Å². The molecule has 0 bridgehead atoms. The smallest absolute Gasteiger partial charge is 0.118 e. The first-order valence-corrected chi connectivity index (χ1v) is 12.2. The second-order valence-corrected chi connectivity index (χ2v) is 8.37. The molecule has 0 saturated heterocycles. The van der Waals surface area contributed by atoms with Crippen molar-refractivity contribution in [3.63, 3.8) is 0 Å². The molecule has 0 unspecified atom stereocenters. The van der Waals surface area contributed by atoms with Gasteiger partial charge >= 0.3 is 0 Å². The topological polar surface area (TPSA) is 12.5 Å². The fourth-order valence-electron chi connectivity index (χ4n) is 3.84. The molecular formula is C26H47NO. The normalized spacial score (nSPS) is 11.3. The van der Waals surface area contributed by atoms with Crippen molar-refractivity contribution in [1.29, 1.82) is 0 Å². The molecule has 0 fully saturated rings. The van der Waals surface area contributed by atoms with Crippen molar-refractivity contribution in [2.45, 2.75) is 110 Å². The molecule has 1 aromatic carbocycles. The van der Waals surface area contributed by atoms with Crippen LogP contribution in [0, 0.1) is 0 Å². The second-order valence-electron chi connectivity index (χ2n) is 8.37. The Hall–Kier alpha value is -1.02. The summed E-state index contributed by atoms with van der Waals surface area (Å²) in [5.74, 6) is 0.953. The maximum atomic E-state index is 5.30. The van der Waals surface area contributed by atoms with E-state index >= 15 is 0 Å². The minimum absolute atomic E-state index is 0.953. The van der Waals surface area contributed by atoms with E-state index in [1.54, 1.807) is 7.11 Å². The molecule has 2 heteroatoms. The summed E-state index contributed by atoms with van der Waals surface area (Å²) < 4.78 is 5.30.